The van der Waals surface area contributed by atoms with Crippen molar-refractivity contribution in [1.82, 2.24) is 0 Å². The molecule has 0 fully saturated rings. The van der Waals surface area contributed by atoms with Gasteiger partial charge < -0.3 is 14.2 Å². The molecule has 0 saturated carbocycles. The molecule has 0 N–H and O–H groups in total. The fourth-order valence-corrected chi connectivity index (χ4v) is 6.98. The molecule has 0 aromatic heterocycles. The first-order chi connectivity index (χ1) is 25.9. The Kier molecular flexibility index (Phi) is 40.3. The van der Waals surface area contributed by atoms with E-state index in [4.69, 9.17) is 14.2 Å². The van der Waals surface area contributed by atoms with Gasteiger partial charge in [-0.3, -0.25) is 14.4 Å². The molecule has 0 bridgehead atoms. The van der Waals surface area contributed by atoms with Gasteiger partial charge in [0.15, 0.2) is 6.10 Å². The van der Waals surface area contributed by atoms with E-state index in [1.54, 1.807) is 0 Å². The first-order valence-electron chi connectivity index (χ1n) is 23.4. The van der Waals surface area contributed by atoms with Crippen LogP contribution in [0.2, 0.25) is 0 Å². The van der Waals surface area contributed by atoms with Crippen LogP contribution < -0.4 is 0 Å². The molecule has 0 spiro atoms. The molecule has 6 heteroatoms. The minimum Gasteiger partial charge on any atom is -0.462 e. The quantitative estimate of drug-likeness (QED) is 0.0351. The molecule has 0 radical (unpaired) electrons. The number of carbonyl (C=O) groups excluding carboxylic acids is 3. The molecular formula is C47H90O6. The highest BCUT2D eigenvalue weighted by molar-refractivity contribution is 5.71. The van der Waals surface area contributed by atoms with Crippen LogP contribution >= 0.6 is 0 Å². The van der Waals surface area contributed by atoms with E-state index in [-0.39, 0.29) is 31.1 Å². The normalized spacial score (nSPS) is 11.9. The lowest BCUT2D eigenvalue weighted by Gasteiger charge is -2.18. The number of ether oxygens (including phenoxy) is 3. The summed E-state index contributed by atoms with van der Waals surface area (Å²) in [5, 5.41) is 0. The predicted molar refractivity (Wildman–Crippen MR) is 224 cm³/mol. The van der Waals surface area contributed by atoms with Gasteiger partial charge in [0.1, 0.15) is 13.2 Å². The topological polar surface area (TPSA) is 78.9 Å². The number of hydrogen-bond donors (Lipinski definition) is 0. The largest absolute Gasteiger partial charge is 0.462 e. The van der Waals surface area contributed by atoms with E-state index < -0.39 is 6.10 Å². The van der Waals surface area contributed by atoms with Crippen LogP contribution in [0.5, 0.6) is 0 Å². The van der Waals surface area contributed by atoms with E-state index in [1.165, 1.54) is 154 Å². The molecule has 0 aliphatic rings. The second-order valence-corrected chi connectivity index (χ2v) is 16.5. The van der Waals surface area contributed by atoms with Crippen molar-refractivity contribution >= 4 is 17.9 Å². The van der Waals surface area contributed by atoms with Crippen LogP contribution in [0.3, 0.4) is 0 Å². The first-order valence-corrected chi connectivity index (χ1v) is 23.4. The van der Waals surface area contributed by atoms with E-state index in [0.717, 1.165) is 63.7 Å². The van der Waals surface area contributed by atoms with Crippen LogP contribution in [0.4, 0.5) is 0 Å². The van der Waals surface area contributed by atoms with Crippen molar-refractivity contribution < 1.29 is 28.6 Å². The van der Waals surface area contributed by atoms with E-state index in [9.17, 15) is 14.4 Å². The van der Waals surface area contributed by atoms with Crippen LogP contribution in [0.25, 0.3) is 0 Å². The molecule has 53 heavy (non-hydrogen) atoms. The average Bonchev–Trinajstić information content (AvgIpc) is 3.14. The fourth-order valence-electron chi connectivity index (χ4n) is 6.98. The Bertz CT molecular complexity index is 796. The molecule has 0 aromatic carbocycles. The molecular weight excluding hydrogens is 661 g/mol. The van der Waals surface area contributed by atoms with Gasteiger partial charge in [-0.25, -0.2) is 0 Å². The van der Waals surface area contributed by atoms with Gasteiger partial charge in [0.05, 0.1) is 0 Å². The lowest BCUT2D eigenvalue weighted by Crippen LogP contribution is -2.30. The Morgan fingerprint density at radius 2 is 0.623 bits per heavy atom. The molecule has 0 aliphatic carbocycles. The molecule has 0 heterocycles. The highest BCUT2D eigenvalue weighted by Crippen LogP contribution is 2.16. The summed E-state index contributed by atoms with van der Waals surface area (Å²) >= 11 is 0. The lowest BCUT2D eigenvalue weighted by atomic mass is 10.0. The maximum atomic E-state index is 12.7. The van der Waals surface area contributed by atoms with Crippen LogP contribution in [0.1, 0.15) is 259 Å². The van der Waals surface area contributed by atoms with Gasteiger partial charge in [0, 0.05) is 19.3 Å². The summed E-state index contributed by atoms with van der Waals surface area (Å²) in [5.74, 6) is -0.0583. The van der Waals surface area contributed by atoms with E-state index in [2.05, 4.69) is 27.7 Å². The molecule has 0 saturated heterocycles. The molecule has 1 atom stereocenters. The van der Waals surface area contributed by atoms with Crippen LogP contribution in [0.15, 0.2) is 0 Å². The second kappa shape index (κ2) is 41.6. The third-order valence-electron chi connectivity index (χ3n) is 10.5. The Balaban J connectivity index is 4.30. The van der Waals surface area contributed by atoms with Crippen molar-refractivity contribution in [3.63, 3.8) is 0 Å². The summed E-state index contributed by atoms with van der Waals surface area (Å²) in [6.07, 6.45) is 40.9. The minimum atomic E-state index is -0.759. The fraction of sp³-hybridized carbons (Fsp3) is 0.936. The average molecular weight is 751 g/mol. The number of carbonyl (C=O) groups is 3. The van der Waals surface area contributed by atoms with E-state index in [0.29, 0.717) is 19.3 Å². The maximum Gasteiger partial charge on any atom is 0.306 e. The SMILES string of the molecule is CCCCCCCCCCCCCCCCC(=O)OC[C@@H](COC(=O)CCCCCCCCCCC(C)C)OC(=O)CCCCCCCCCCCC. The number of hydrogen-bond acceptors (Lipinski definition) is 6. The lowest BCUT2D eigenvalue weighted by molar-refractivity contribution is -0.167. The highest BCUT2D eigenvalue weighted by atomic mass is 16.6. The Hall–Kier alpha value is -1.59. The van der Waals surface area contributed by atoms with Crippen LogP contribution in [-0.2, 0) is 28.6 Å². The minimum absolute atomic E-state index is 0.0638. The number of rotatable bonds is 42. The van der Waals surface area contributed by atoms with Crippen LogP contribution in [-0.4, -0.2) is 37.2 Å². The smallest absolute Gasteiger partial charge is 0.306 e. The second-order valence-electron chi connectivity index (χ2n) is 16.5. The van der Waals surface area contributed by atoms with Crippen molar-refractivity contribution in [1.29, 1.82) is 0 Å². The highest BCUT2D eigenvalue weighted by Gasteiger charge is 2.19. The summed E-state index contributed by atoms with van der Waals surface area (Å²) < 4.78 is 16.7. The van der Waals surface area contributed by atoms with Gasteiger partial charge in [0.25, 0.3) is 0 Å². The van der Waals surface area contributed by atoms with Gasteiger partial charge >= 0.3 is 17.9 Å². The van der Waals surface area contributed by atoms with Crippen molar-refractivity contribution in [2.24, 2.45) is 5.92 Å². The summed E-state index contributed by atoms with van der Waals surface area (Å²) in [6, 6.07) is 0. The van der Waals surface area contributed by atoms with Gasteiger partial charge in [-0.15, -0.1) is 0 Å². The Morgan fingerprint density at radius 1 is 0.358 bits per heavy atom. The van der Waals surface area contributed by atoms with Crippen molar-refractivity contribution in [3.8, 4) is 0 Å². The molecule has 0 aromatic rings. The van der Waals surface area contributed by atoms with E-state index >= 15 is 0 Å². The Labute approximate surface area is 329 Å². The number of unbranched alkanes of at least 4 members (excludes halogenated alkanes) is 29. The summed E-state index contributed by atoms with van der Waals surface area (Å²) in [5.41, 5.74) is 0. The van der Waals surface area contributed by atoms with Gasteiger partial charge in [0.2, 0.25) is 0 Å². The van der Waals surface area contributed by atoms with Gasteiger partial charge in [-0.2, -0.15) is 0 Å². The van der Waals surface area contributed by atoms with Gasteiger partial charge in [-0.05, 0) is 25.2 Å². The van der Waals surface area contributed by atoms with Crippen molar-refractivity contribution in [3.05, 3.63) is 0 Å². The van der Waals surface area contributed by atoms with Crippen LogP contribution in [0, 0.1) is 5.92 Å². The maximum absolute atomic E-state index is 12.7. The van der Waals surface area contributed by atoms with E-state index in [1.807, 2.05) is 0 Å². The predicted octanol–water partition coefficient (Wildman–Crippen LogP) is 14.7. The summed E-state index contributed by atoms with van der Waals surface area (Å²) in [6.45, 7) is 8.96. The number of esters is 3. The Morgan fingerprint density at radius 3 is 0.925 bits per heavy atom. The molecule has 314 valence electrons. The molecule has 6 nitrogen and oxygen atoms in total. The zero-order valence-electron chi connectivity index (χ0n) is 36.0. The molecule has 0 rings (SSSR count). The zero-order valence-corrected chi connectivity index (χ0v) is 36.0. The monoisotopic (exact) mass is 751 g/mol. The third-order valence-corrected chi connectivity index (χ3v) is 10.5. The molecule has 0 unspecified atom stereocenters. The summed E-state index contributed by atoms with van der Waals surface area (Å²) in [4.78, 5) is 37.7. The van der Waals surface area contributed by atoms with Crippen molar-refractivity contribution in [2.45, 2.75) is 265 Å². The standard InChI is InChI=1S/C47H90O6/c1-5-7-9-11-13-15-17-18-19-20-22-26-30-34-38-45(48)51-41-44(53-47(50)40-36-32-28-21-16-14-12-10-8-6-2)42-52-46(49)39-35-31-27-24-23-25-29-33-37-43(3)4/h43-44H,5-42H2,1-4H3/t44-/m0/s1. The zero-order chi connectivity index (χ0) is 38.9. The molecule has 0 aliphatic heterocycles. The summed E-state index contributed by atoms with van der Waals surface area (Å²) in [7, 11) is 0. The third kappa shape index (κ3) is 41.4. The van der Waals surface area contributed by atoms with Crippen molar-refractivity contribution in [2.75, 3.05) is 13.2 Å². The first kappa shape index (κ1) is 51.4. The van der Waals surface area contributed by atoms with Gasteiger partial charge in [-0.1, -0.05) is 220 Å². The molecule has 0 amide bonds.